The first-order valence-corrected chi connectivity index (χ1v) is 13.5. The summed E-state index contributed by atoms with van der Waals surface area (Å²) in [5.74, 6) is 2.29. The van der Waals surface area contributed by atoms with Gasteiger partial charge >= 0.3 is 0 Å². The van der Waals surface area contributed by atoms with Gasteiger partial charge in [-0.2, -0.15) is 0 Å². The molecule has 1 N–H and O–H groups in total. The molecule has 0 saturated heterocycles. The lowest BCUT2D eigenvalue weighted by atomic mass is 9.33. The van der Waals surface area contributed by atoms with Crippen molar-refractivity contribution in [2.45, 2.75) is 119 Å². The van der Waals surface area contributed by atoms with Gasteiger partial charge in [0.2, 0.25) is 0 Å². The van der Waals surface area contributed by atoms with E-state index in [1.165, 1.54) is 32.1 Å². The Labute approximate surface area is 197 Å². The lowest BCUT2D eigenvalue weighted by Gasteiger charge is -2.71. The fraction of sp³-hybridized carbons (Fsp3) is 0.900. The van der Waals surface area contributed by atoms with Gasteiger partial charge in [0.05, 0.1) is 6.10 Å². The molecular formula is C30H48O2. The van der Waals surface area contributed by atoms with Crippen LogP contribution in [-0.4, -0.2) is 17.0 Å². The fourth-order valence-electron chi connectivity index (χ4n) is 10.4. The Balaban J connectivity index is 1.58. The van der Waals surface area contributed by atoms with Crippen LogP contribution in [0.4, 0.5) is 0 Å². The average molecular weight is 441 g/mol. The average Bonchev–Trinajstić information content (AvgIpc) is 2.68. The first kappa shape index (κ1) is 23.1. The van der Waals surface area contributed by atoms with Crippen LogP contribution in [0.25, 0.3) is 0 Å². The zero-order valence-corrected chi connectivity index (χ0v) is 22.1. The highest BCUT2D eigenvalue weighted by Crippen LogP contribution is 2.75. The van der Waals surface area contributed by atoms with Gasteiger partial charge in [-0.05, 0) is 96.2 Å². The van der Waals surface area contributed by atoms with Crippen molar-refractivity contribution in [1.29, 1.82) is 0 Å². The van der Waals surface area contributed by atoms with Crippen molar-refractivity contribution in [3.63, 3.8) is 0 Å². The Hall–Kier alpha value is -0.630. The van der Waals surface area contributed by atoms with E-state index < -0.39 is 0 Å². The molecule has 0 bridgehead atoms. The number of allylic oxidation sites excluding steroid dienone is 2. The number of carbonyl (C=O) groups excluding carboxylic acids is 1. The highest BCUT2D eigenvalue weighted by molar-refractivity contribution is 5.85. The van der Waals surface area contributed by atoms with E-state index in [1.54, 1.807) is 5.57 Å². The summed E-state index contributed by atoms with van der Waals surface area (Å²) in [5, 5.41) is 10.9. The van der Waals surface area contributed by atoms with Gasteiger partial charge < -0.3 is 5.11 Å². The summed E-state index contributed by atoms with van der Waals surface area (Å²) in [6.45, 7) is 19.3. The number of rotatable bonds is 0. The number of hydrogen-bond donors (Lipinski definition) is 1. The van der Waals surface area contributed by atoms with Gasteiger partial charge in [-0.15, -0.1) is 0 Å². The molecule has 2 nitrogen and oxygen atoms in total. The summed E-state index contributed by atoms with van der Waals surface area (Å²) in [7, 11) is 0. The number of ketones is 1. The van der Waals surface area contributed by atoms with Gasteiger partial charge in [-0.3, -0.25) is 4.79 Å². The minimum atomic E-state index is -0.183. The van der Waals surface area contributed by atoms with Crippen LogP contribution < -0.4 is 0 Å². The van der Waals surface area contributed by atoms with Crippen molar-refractivity contribution < 1.29 is 9.90 Å². The van der Waals surface area contributed by atoms with E-state index in [0.717, 1.165) is 25.7 Å². The first-order chi connectivity index (χ1) is 14.6. The second-order valence-electron chi connectivity index (χ2n) is 15.1. The molecular weight excluding hydrogens is 392 g/mol. The Morgan fingerprint density at radius 1 is 0.875 bits per heavy atom. The van der Waals surface area contributed by atoms with Crippen molar-refractivity contribution >= 4 is 5.78 Å². The molecule has 8 atom stereocenters. The second kappa shape index (κ2) is 6.52. The van der Waals surface area contributed by atoms with Gasteiger partial charge in [-0.1, -0.05) is 67.0 Å². The second-order valence-corrected chi connectivity index (χ2v) is 15.1. The summed E-state index contributed by atoms with van der Waals surface area (Å²) in [5.41, 5.74) is 2.63. The molecule has 0 radical (unpaired) electrons. The van der Waals surface area contributed by atoms with E-state index in [9.17, 15) is 9.90 Å². The summed E-state index contributed by atoms with van der Waals surface area (Å²) >= 11 is 0. The zero-order valence-electron chi connectivity index (χ0n) is 22.1. The topological polar surface area (TPSA) is 37.3 Å². The third-order valence-corrected chi connectivity index (χ3v) is 13.0. The van der Waals surface area contributed by atoms with E-state index >= 15 is 0 Å². The predicted molar refractivity (Wildman–Crippen MR) is 131 cm³/mol. The Bertz CT molecular complexity index is 866. The van der Waals surface area contributed by atoms with Gasteiger partial charge in [0, 0.05) is 11.8 Å². The molecule has 0 aromatic rings. The molecule has 2 heteroatoms. The lowest BCUT2D eigenvalue weighted by Crippen LogP contribution is -2.64. The SMILES string of the molecule is CC1(C)C[C@H]2C3=CC[C@H]4C(C)(CC[C@H]5C(C)(C)C(=O)CC[C@@]54C)[C@]3(C)CC[C@@]2(C)C[C@@H]1O. The molecule has 4 fully saturated rings. The van der Waals surface area contributed by atoms with Crippen LogP contribution >= 0.6 is 0 Å². The van der Waals surface area contributed by atoms with Crippen LogP contribution in [0.2, 0.25) is 0 Å². The molecule has 0 heterocycles. The van der Waals surface area contributed by atoms with Gasteiger partial charge in [-0.25, -0.2) is 0 Å². The number of fused-ring (bicyclic) bond motifs is 7. The largest absolute Gasteiger partial charge is 0.393 e. The summed E-state index contributed by atoms with van der Waals surface area (Å²) < 4.78 is 0. The maximum atomic E-state index is 12.9. The molecule has 180 valence electrons. The lowest BCUT2D eigenvalue weighted by molar-refractivity contribution is -0.187. The van der Waals surface area contributed by atoms with Crippen molar-refractivity contribution in [2.75, 3.05) is 0 Å². The molecule has 0 amide bonds. The molecule has 0 aliphatic heterocycles. The molecule has 4 saturated carbocycles. The van der Waals surface area contributed by atoms with Crippen LogP contribution in [0.3, 0.4) is 0 Å². The first-order valence-electron chi connectivity index (χ1n) is 13.5. The highest BCUT2D eigenvalue weighted by atomic mass is 16.3. The maximum absolute atomic E-state index is 12.9. The summed E-state index contributed by atoms with van der Waals surface area (Å²) in [4.78, 5) is 12.9. The van der Waals surface area contributed by atoms with E-state index in [1.807, 2.05) is 0 Å². The van der Waals surface area contributed by atoms with Crippen molar-refractivity contribution in [3.05, 3.63) is 11.6 Å². The normalized spacial score (nSPS) is 53.9. The number of carbonyl (C=O) groups is 1. The number of Topliss-reactive ketones (excluding diaryl/α,β-unsaturated/α-hetero) is 1. The van der Waals surface area contributed by atoms with Gasteiger partial charge in [0.1, 0.15) is 5.78 Å². The zero-order chi connectivity index (χ0) is 23.5. The molecule has 5 rings (SSSR count). The summed E-state index contributed by atoms with van der Waals surface area (Å²) in [6.07, 6.45) is 12.6. The van der Waals surface area contributed by atoms with Crippen LogP contribution in [0, 0.1) is 50.2 Å². The van der Waals surface area contributed by atoms with Crippen molar-refractivity contribution in [1.82, 2.24) is 0 Å². The molecule has 0 spiro atoms. The quantitative estimate of drug-likeness (QED) is 0.400. The number of aliphatic hydroxyl groups excluding tert-OH is 1. The molecule has 5 aliphatic rings. The van der Waals surface area contributed by atoms with Crippen molar-refractivity contribution in [2.24, 2.45) is 50.2 Å². The molecule has 1 unspecified atom stereocenters. The molecule has 5 aliphatic carbocycles. The van der Waals surface area contributed by atoms with Crippen LogP contribution in [-0.2, 0) is 4.79 Å². The van der Waals surface area contributed by atoms with E-state index in [0.29, 0.717) is 29.0 Å². The predicted octanol–water partition coefficient (Wildman–Crippen LogP) is 7.35. The summed E-state index contributed by atoms with van der Waals surface area (Å²) in [6, 6.07) is 0. The van der Waals surface area contributed by atoms with Gasteiger partial charge in [0.25, 0.3) is 0 Å². The third kappa shape index (κ3) is 2.65. The molecule has 0 aromatic carbocycles. The Morgan fingerprint density at radius 2 is 1.56 bits per heavy atom. The van der Waals surface area contributed by atoms with Crippen molar-refractivity contribution in [3.8, 4) is 0 Å². The van der Waals surface area contributed by atoms with Gasteiger partial charge in [0.15, 0.2) is 0 Å². The molecule has 32 heavy (non-hydrogen) atoms. The van der Waals surface area contributed by atoms with Crippen LogP contribution in [0.15, 0.2) is 11.6 Å². The Kier molecular flexibility index (Phi) is 4.71. The van der Waals surface area contributed by atoms with E-state index in [4.69, 9.17) is 0 Å². The number of aliphatic hydroxyl groups is 1. The standard InChI is InChI=1S/C30H48O2/c1-25(2)17-20-19-9-10-22-28(6)13-12-23(31)26(3,4)21(28)11-14-30(22,8)29(19,7)16-15-27(20,5)18-24(25)32/h9,20-22,24,32H,10-18H2,1-8H3/t20-,21-,22+,24-,27-,28-,29+,30?/m0/s1. The van der Waals surface area contributed by atoms with E-state index in [-0.39, 0.29) is 33.2 Å². The monoisotopic (exact) mass is 440 g/mol. The Morgan fingerprint density at radius 3 is 2.25 bits per heavy atom. The number of hydrogen-bond acceptors (Lipinski definition) is 2. The minimum Gasteiger partial charge on any atom is -0.393 e. The smallest absolute Gasteiger partial charge is 0.138 e. The van der Waals surface area contributed by atoms with E-state index in [2.05, 4.69) is 61.5 Å². The van der Waals surface area contributed by atoms with Crippen LogP contribution in [0.5, 0.6) is 0 Å². The molecule has 0 aromatic heterocycles. The minimum absolute atomic E-state index is 0.00157. The maximum Gasteiger partial charge on any atom is 0.138 e. The third-order valence-electron chi connectivity index (χ3n) is 13.0. The highest BCUT2D eigenvalue weighted by Gasteiger charge is 2.68. The van der Waals surface area contributed by atoms with Crippen LogP contribution in [0.1, 0.15) is 113 Å². The fourth-order valence-corrected chi connectivity index (χ4v) is 10.4.